The molecule has 0 aliphatic carbocycles. The summed E-state index contributed by atoms with van der Waals surface area (Å²) in [5.74, 6) is 0.515. The van der Waals surface area contributed by atoms with Crippen LogP contribution < -0.4 is 20.4 Å². The molecule has 0 unspecified atom stereocenters. The fourth-order valence-corrected chi connectivity index (χ4v) is 3.34. The number of hydrogen-bond donors (Lipinski definition) is 3. The molecule has 0 fully saturated rings. The molecule has 29 heavy (non-hydrogen) atoms. The molecule has 0 bridgehead atoms. The van der Waals surface area contributed by atoms with Crippen molar-refractivity contribution < 1.29 is 28.9 Å². The maximum atomic E-state index is 12.3. The van der Waals surface area contributed by atoms with Gasteiger partial charge in [-0.15, -0.1) is 0 Å². The normalized spacial score (nSPS) is 16.1. The van der Waals surface area contributed by atoms with Crippen LogP contribution in [0.15, 0.2) is 15.3 Å². The van der Waals surface area contributed by atoms with Gasteiger partial charge >= 0.3 is 5.63 Å². The third kappa shape index (κ3) is 4.38. The van der Waals surface area contributed by atoms with Gasteiger partial charge in [0.2, 0.25) is 0 Å². The van der Waals surface area contributed by atoms with Crippen LogP contribution in [0.5, 0.6) is 11.5 Å². The molecule has 0 spiro atoms. The monoisotopic (exact) mass is 405 g/mol. The van der Waals surface area contributed by atoms with Gasteiger partial charge in [0, 0.05) is 23.7 Å². The fraction of sp³-hybridized carbons (Fsp3) is 0.524. The minimum Gasteiger partial charge on any atom is -0.487 e. The summed E-state index contributed by atoms with van der Waals surface area (Å²) in [4.78, 5) is 24.3. The number of carbonyl (C=O) groups excluding carboxylic acids is 1. The van der Waals surface area contributed by atoms with Crippen LogP contribution >= 0.6 is 0 Å². The topological polar surface area (TPSA) is 118 Å². The first kappa shape index (κ1) is 21.1. The summed E-state index contributed by atoms with van der Waals surface area (Å²) in [7, 11) is 0. The van der Waals surface area contributed by atoms with Crippen molar-refractivity contribution in [2.45, 2.75) is 52.2 Å². The van der Waals surface area contributed by atoms with Crippen molar-refractivity contribution in [1.82, 2.24) is 5.32 Å². The quantitative estimate of drug-likeness (QED) is 0.621. The van der Waals surface area contributed by atoms with E-state index in [2.05, 4.69) is 5.32 Å². The lowest BCUT2D eigenvalue weighted by Gasteiger charge is -2.33. The molecule has 158 valence electrons. The molecule has 8 nitrogen and oxygen atoms in total. The molecule has 3 N–H and O–H groups in total. The largest absolute Gasteiger partial charge is 0.487 e. The highest BCUT2D eigenvalue weighted by Crippen LogP contribution is 2.43. The van der Waals surface area contributed by atoms with Gasteiger partial charge in [0.25, 0.3) is 5.91 Å². The zero-order chi connectivity index (χ0) is 21.3. The minimum absolute atomic E-state index is 0.0755. The SMILES string of the molecule is Cc1c(C)c2c(OCC(=O)NC[C@H](O)CO)cc3c(c2oc1=O)CCC(C)(C)O3. The van der Waals surface area contributed by atoms with Gasteiger partial charge in [0.1, 0.15) is 22.7 Å². The summed E-state index contributed by atoms with van der Waals surface area (Å²) in [6, 6.07) is 1.74. The van der Waals surface area contributed by atoms with Crippen LogP contribution in [0.4, 0.5) is 0 Å². The lowest BCUT2D eigenvalue weighted by molar-refractivity contribution is -0.123. The molecule has 1 aromatic heterocycles. The first-order valence-electron chi connectivity index (χ1n) is 9.60. The van der Waals surface area contributed by atoms with Crippen LogP contribution in [0, 0.1) is 13.8 Å². The summed E-state index contributed by atoms with van der Waals surface area (Å²) in [6.07, 6.45) is 0.448. The Morgan fingerprint density at radius 3 is 2.76 bits per heavy atom. The molecule has 1 amide bonds. The molecule has 3 rings (SSSR count). The molecule has 1 aromatic carbocycles. The van der Waals surface area contributed by atoms with Gasteiger partial charge in [-0.3, -0.25) is 4.79 Å². The van der Waals surface area contributed by atoms with E-state index in [9.17, 15) is 14.7 Å². The summed E-state index contributed by atoms with van der Waals surface area (Å²) in [6.45, 7) is 6.65. The van der Waals surface area contributed by atoms with Gasteiger partial charge < -0.3 is 29.4 Å². The number of benzene rings is 1. The molecule has 2 heterocycles. The molecular weight excluding hydrogens is 378 g/mol. The molecule has 2 aromatic rings. The number of amides is 1. The average Bonchev–Trinajstić information content (AvgIpc) is 2.67. The second-order valence-electron chi connectivity index (χ2n) is 7.99. The highest BCUT2D eigenvalue weighted by Gasteiger charge is 2.31. The van der Waals surface area contributed by atoms with Gasteiger partial charge in [0.15, 0.2) is 6.61 Å². The number of rotatable bonds is 6. The Morgan fingerprint density at radius 1 is 1.34 bits per heavy atom. The zero-order valence-corrected chi connectivity index (χ0v) is 17.1. The number of aliphatic hydroxyl groups excluding tert-OH is 2. The summed E-state index contributed by atoms with van der Waals surface area (Å²) < 4.78 is 17.4. The Balaban J connectivity index is 1.99. The Labute approximate surface area is 168 Å². The molecule has 0 saturated carbocycles. The predicted molar refractivity (Wildman–Crippen MR) is 107 cm³/mol. The van der Waals surface area contributed by atoms with Crippen LogP contribution in [0.3, 0.4) is 0 Å². The predicted octanol–water partition coefficient (Wildman–Crippen LogP) is 1.36. The Hall–Kier alpha value is -2.58. The molecule has 1 aliphatic rings. The molecule has 8 heteroatoms. The lowest BCUT2D eigenvalue weighted by Crippen LogP contribution is -2.36. The molecule has 0 saturated heterocycles. The number of hydrogen-bond acceptors (Lipinski definition) is 7. The number of aryl methyl sites for hydroxylation is 2. The third-order valence-electron chi connectivity index (χ3n) is 5.21. The first-order chi connectivity index (χ1) is 13.6. The maximum absolute atomic E-state index is 12.3. The highest BCUT2D eigenvalue weighted by molar-refractivity contribution is 5.92. The van der Waals surface area contributed by atoms with Crippen molar-refractivity contribution in [1.29, 1.82) is 0 Å². The number of ether oxygens (including phenoxy) is 2. The average molecular weight is 405 g/mol. The van der Waals surface area contributed by atoms with Gasteiger partial charge in [-0.25, -0.2) is 4.79 Å². The van der Waals surface area contributed by atoms with E-state index in [0.29, 0.717) is 34.5 Å². The highest BCUT2D eigenvalue weighted by atomic mass is 16.5. The van der Waals surface area contributed by atoms with Gasteiger partial charge in [-0.2, -0.15) is 0 Å². The second-order valence-corrected chi connectivity index (χ2v) is 7.99. The Morgan fingerprint density at radius 2 is 2.07 bits per heavy atom. The van der Waals surface area contributed by atoms with E-state index < -0.39 is 24.2 Å². The Bertz CT molecular complexity index is 993. The van der Waals surface area contributed by atoms with E-state index in [0.717, 1.165) is 17.5 Å². The number of nitrogens with one attached hydrogen (secondary N) is 1. The smallest absolute Gasteiger partial charge is 0.339 e. The van der Waals surface area contributed by atoms with Crippen LogP contribution in [0.25, 0.3) is 11.0 Å². The third-order valence-corrected chi connectivity index (χ3v) is 5.21. The van der Waals surface area contributed by atoms with E-state index in [1.807, 2.05) is 20.8 Å². The Kier molecular flexibility index (Phi) is 5.86. The summed E-state index contributed by atoms with van der Waals surface area (Å²) in [5.41, 5.74) is 1.69. The minimum atomic E-state index is -1.03. The van der Waals surface area contributed by atoms with Crippen LogP contribution in [-0.4, -0.2) is 47.6 Å². The fourth-order valence-electron chi connectivity index (χ4n) is 3.34. The molecule has 1 aliphatic heterocycles. The van der Waals surface area contributed by atoms with Crippen LogP contribution in [0.2, 0.25) is 0 Å². The van der Waals surface area contributed by atoms with Crippen LogP contribution in [-0.2, 0) is 11.2 Å². The first-order valence-corrected chi connectivity index (χ1v) is 9.60. The van der Waals surface area contributed by atoms with Crippen LogP contribution in [0.1, 0.15) is 37.0 Å². The number of aliphatic hydroxyl groups is 2. The van der Waals surface area contributed by atoms with E-state index >= 15 is 0 Å². The summed E-state index contributed by atoms with van der Waals surface area (Å²) in [5, 5.41) is 21.3. The van der Waals surface area contributed by atoms with Crippen molar-refractivity contribution >= 4 is 16.9 Å². The maximum Gasteiger partial charge on any atom is 0.339 e. The van der Waals surface area contributed by atoms with E-state index in [1.54, 1.807) is 13.0 Å². The second kappa shape index (κ2) is 8.04. The van der Waals surface area contributed by atoms with E-state index in [4.69, 9.17) is 19.0 Å². The summed E-state index contributed by atoms with van der Waals surface area (Å²) >= 11 is 0. The van der Waals surface area contributed by atoms with Gasteiger partial charge in [-0.1, -0.05) is 0 Å². The van der Waals surface area contributed by atoms with Crippen molar-refractivity contribution in [2.75, 3.05) is 19.8 Å². The van der Waals surface area contributed by atoms with Gasteiger partial charge in [0.05, 0.1) is 18.1 Å². The van der Waals surface area contributed by atoms with Crippen molar-refractivity contribution in [2.24, 2.45) is 0 Å². The molecule has 1 atom stereocenters. The molecule has 0 radical (unpaired) electrons. The van der Waals surface area contributed by atoms with E-state index in [-0.39, 0.29) is 18.8 Å². The number of fused-ring (bicyclic) bond motifs is 3. The zero-order valence-electron chi connectivity index (χ0n) is 17.1. The number of carbonyl (C=O) groups is 1. The van der Waals surface area contributed by atoms with E-state index in [1.165, 1.54) is 0 Å². The van der Waals surface area contributed by atoms with Crippen molar-refractivity contribution in [3.05, 3.63) is 33.2 Å². The molecular formula is C21H27NO7. The van der Waals surface area contributed by atoms with Gasteiger partial charge in [-0.05, 0) is 46.1 Å². The lowest BCUT2D eigenvalue weighted by atomic mass is 9.92. The van der Waals surface area contributed by atoms with Crippen molar-refractivity contribution in [3.63, 3.8) is 0 Å². The van der Waals surface area contributed by atoms with Crippen molar-refractivity contribution in [3.8, 4) is 11.5 Å². The standard InChI is InChI=1S/C21H27NO7/c1-11-12(2)20(26)28-19-14-5-6-21(3,4)29-15(14)7-16(18(11)19)27-10-17(25)22-8-13(24)9-23/h7,13,23-24H,5-6,8-10H2,1-4H3,(H,22,25)/t13-/m0/s1.